The fourth-order valence-electron chi connectivity index (χ4n) is 2.67. The third-order valence-electron chi connectivity index (χ3n) is 3.63. The molecule has 3 heteroatoms. The third kappa shape index (κ3) is 3.52. The molecule has 2 atom stereocenters. The Morgan fingerprint density at radius 1 is 1.28 bits per heavy atom. The van der Waals surface area contributed by atoms with E-state index in [1.54, 1.807) is 11.8 Å². The summed E-state index contributed by atoms with van der Waals surface area (Å²) < 4.78 is 0. The predicted octanol–water partition coefficient (Wildman–Crippen LogP) is 3.84. The molecule has 1 aliphatic carbocycles. The van der Waals surface area contributed by atoms with E-state index >= 15 is 0 Å². The Morgan fingerprint density at radius 2 is 1.94 bits per heavy atom. The van der Waals surface area contributed by atoms with E-state index in [-0.39, 0.29) is 5.75 Å². The lowest BCUT2D eigenvalue weighted by atomic mass is 9.83. The highest BCUT2D eigenvalue weighted by atomic mass is 32.2. The molecule has 18 heavy (non-hydrogen) atoms. The molecule has 0 unspecified atom stereocenters. The van der Waals surface area contributed by atoms with E-state index in [2.05, 4.69) is 31.2 Å². The fourth-order valence-corrected chi connectivity index (χ4v) is 3.89. The molecular weight excluding hydrogens is 244 g/mol. The van der Waals surface area contributed by atoms with Gasteiger partial charge in [0, 0.05) is 5.25 Å². The van der Waals surface area contributed by atoms with Gasteiger partial charge in [-0.3, -0.25) is 4.79 Å². The molecule has 0 spiro atoms. The first kappa shape index (κ1) is 13.5. The molecule has 1 aliphatic rings. The quantitative estimate of drug-likeness (QED) is 0.897. The molecule has 0 heterocycles. The minimum absolute atomic E-state index is 0.229. The minimum Gasteiger partial charge on any atom is -0.481 e. The van der Waals surface area contributed by atoms with Gasteiger partial charge >= 0.3 is 5.97 Å². The average molecular weight is 264 g/mol. The van der Waals surface area contributed by atoms with Gasteiger partial charge in [-0.15, -0.1) is 11.8 Å². The first-order valence-electron chi connectivity index (χ1n) is 6.57. The maximum Gasteiger partial charge on any atom is 0.313 e. The second-order valence-corrected chi connectivity index (χ2v) is 6.27. The Balaban J connectivity index is 2.07. The number of rotatable bonds is 4. The van der Waals surface area contributed by atoms with E-state index in [1.165, 1.54) is 30.4 Å². The van der Waals surface area contributed by atoms with Crippen molar-refractivity contribution >= 4 is 17.7 Å². The summed E-state index contributed by atoms with van der Waals surface area (Å²) in [6, 6.07) is 8.73. The van der Waals surface area contributed by atoms with Crippen LogP contribution in [0.4, 0.5) is 0 Å². The number of carboxylic acid groups (broad SMARTS) is 1. The molecule has 0 aliphatic heterocycles. The number of carboxylic acids is 1. The highest BCUT2D eigenvalue weighted by molar-refractivity contribution is 8.00. The van der Waals surface area contributed by atoms with E-state index in [0.29, 0.717) is 11.2 Å². The summed E-state index contributed by atoms with van der Waals surface area (Å²) in [7, 11) is 0. The van der Waals surface area contributed by atoms with Crippen LogP contribution < -0.4 is 0 Å². The topological polar surface area (TPSA) is 37.3 Å². The lowest BCUT2D eigenvalue weighted by molar-refractivity contribution is -0.133. The molecule has 1 aromatic carbocycles. The SMILES string of the molecule is Cc1ccc([C@H]2CCCC[C@H]2SCC(=O)O)cc1. The number of aliphatic carboxylic acids is 1. The Hall–Kier alpha value is -0.960. The van der Waals surface area contributed by atoms with Gasteiger partial charge in [0.25, 0.3) is 0 Å². The lowest BCUT2D eigenvalue weighted by Crippen LogP contribution is -2.21. The molecule has 0 amide bonds. The van der Waals surface area contributed by atoms with E-state index in [0.717, 1.165) is 6.42 Å². The molecule has 2 nitrogen and oxygen atoms in total. The number of carbonyl (C=O) groups is 1. The summed E-state index contributed by atoms with van der Waals surface area (Å²) >= 11 is 1.61. The summed E-state index contributed by atoms with van der Waals surface area (Å²) in [4.78, 5) is 10.7. The second-order valence-electron chi connectivity index (χ2n) is 5.04. The predicted molar refractivity (Wildman–Crippen MR) is 76.3 cm³/mol. The van der Waals surface area contributed by atoms with Crippen LogP contribution in [-0.2, 0) is 4.79 Å². The van der Waals surface area contributed by atoms with E-state index in [4.69, 9.17) is 5.11 Å². The van der Waals surface area contributed by atoms with Crippen molar-refractivity contribution in [2.45, 2.75) is 43.8 Å². The summed E-state index contributed by atoms with van der Waals surface area (Å²) in [5.41, 5.74) is 2.66. The van der Waals surface area contributed by atoms with Gasteiger partial charge in [-0.25, -0.2) is 0 Å². The molecule has 0 radical (unpaired) electrons. The summed E-state index contributed by atoms with van der Waals surface area (Å²) in [5.74, 6) is 0.0597. The standard InChI is InChI=1S/C15H20O2S/c1-11-6-8-12(9-7-11)13-4-2-3-5-14(13)18-10-15(16)17/h6-9,13-14H,2-5,10H2,1H3,(H,16,17)/t13-,14-/m1/s1. The molecule has 1 aromatic rings. The zero-order valence-electron chi connectivity index (χ0n) is 10.8. The van der Waals surface area contributed by atoms with E-state index < -0.39 is 5.97 Å². The fraction of sp³-hybridized carbons (Fsp3) is 0.533. The van der Waals surface area contributed by atoms with Gasteiger partial charge in [0.15, 0.2) is 0 Å². The highest BCUT2D eigenvalue weighted by Crippen LogP contribution is 2.39. The first-order chi connectivity index (χ1) is 8.66. The first-order valence-corrected chi connectivity index (χ1v) is 7.61. The normalized spacial score (nSPS) is 23.8. The maximum absolute atomic E-state index is 10.7. The molecule has 98 valence electrons. The largest absolute Gasteiger partial charge is 0.481 e. The number of thioether (sulfide) groups is 1. The van der Waals surface area contributed by atoms with Crippen molar-refractivity contribution in [2.24, 2.45) is 0 Å². The van der Waals surface area contributed by atoms with Gasteiger partial charge < -0.3 is 5.11 Å². The molecule has 0 aromatic heterocycles. The number of hydrogen-bond donors (Lipinski definition) is 1. The summed E-state index contributed by atoms with van der Waals surface area (Å²) in [6.45, 7) is 2.10. The molecule has 0 saturated heterocycles. The van der Waals surface area contributed by atoms with Gasteiger partial charge in [0.2, 0.25) is 0 Å². The maximum atomic E-state index is 10.7. The Labute approximate surface area is 113 Å². The van der Waals surface area contributed by atoms with Crippen molar-refractivity contribution in [2.75, 3.05) is 5.75 Å². The smallest absolute Gasteiger partial charge is 0.313 e. The van der Waals surface area contributed by atoms with Crippen molar-refractivity contribution in [1.82, 2.24) is 0 Å². The van der Waals surface area contributed by atoms with Gasteiger partial charge in [0.1, 0.15) is 0 Å². The summed E-state index contributed by atoms with van der Waals surface area (Å²) in [6.07, 6.45) is 4.85. The van der Waals surface area contributed by atoms with Crippen LogP contribution in [0.2, 0.25) is 0 Å². The number of benzene rings is 1. The second kappa shape index (κ2) is 6.28. The minimum atomic E-state index is -0.701. The van der Waals surface area contributed by atoms with Gasteiger partial charge in [-0.2, -0.15) is 0 Å². The number of aryl methyl sites for hydroxylation is 1. The van der Waals surface area contributed by atoms with Gasteiger partial charge in [-0.1, -0.05) is 42.7 Å². The van der Waals surface area contributed by atoms with Crippen LogP contribution in [0.25, 0.3) is 0 Å². The van der Waals surface area contributed by atoms with Crippen molar-refractivity contribution in [3.8, 4) is 0 Å². The van der Waals surface area contributed by atoms with Crippen molar-refractivity contribution < 1.29 is 9.90 Å². The van der Waals surface area contributed by atoms with Crippen LogP contribution in [0, 0.1) is 6.92 Å². The van der Waals surface area contributed by atoms with Crippen LogP contribution in [0.15, 0.2) is 24.3 Å². The number of hydrogen-bond acceptors (Lipinski definition) is 2. The Bertz CT molecular complexity index is 399. The molecule has 1 N–H and O–H groups in total. The van der Waals surface area contributed by atoms with E-state index in [9.17, 15) is 4.79 Å². The zero-order chi connectivity index (χ0) is 13.0. The van der Waals surface area contributed by atoms with Crippen LogP contribution in [0.5, 0.6) is 0 Å². The zero-order valence-corrected chi connectivity index (χ0v) is 11.6. The van der Waals surface area contributed by atoms with Crippen LogP contribution in [0.1, 0.15) is 42.7 Å². The molecular formula is C15H20O2S. The van der Waals surface area contributed by atoms with E-state index in [1.807, 2.05) is 0 Å². The van der Waals surface area contributed by atoms with Crippen LogP contribution >= 0.6 is 11.8 Å². The molecule has 0 bridgehead atoms. The van der Waals surface area contributed by atoms with Crippen molar-refractivity contribution in [1.29, 1.82) is 0 Å². The molecule has 1 saturated carbocycles. The van der Waals surface area contributed by atoms with Crippen LogP contribution in [0.3, 0.4) is 0 Å². The average Bonchev–Trinajstić information content (AvgIpc) is 2.38. The van der Waals surface area contributed by atoms with Gasteiger partial charge in [0.05, 0.1) is 5.75 Å². The monoisotopic (exact) mass is 264 g/mol. The van der Waals surface area contributed by atoms with Crippen molar-refractivity contribution in [3.05, 3.63) is 35.4 Å². The Morgan fingerprint density at radius 3 is 2.61 bits per heavy atom. The highest BCUT2D eigenvalue weighted by Gasteiger charge is 2.27. The lowest BCUT2D eigenvalue weighted by Gasteiger charge is -2.31. The molecule has 2 rings (SSSR count). The summed E-state index contributed by atoms with van der Waals surface area (Å²) in [5, 5.41) is 9.29. The molecule has 1 fully saturated rings. The Kier molecular flexibility index (Phi) is 4.70. The third-order valence-corrected chi connectivity index (χ3v) is 5.03. The van der Waals surface area contributed by atoms with Crippen LogP contribution in [-0.4, -0.2) is 22.1 Å². The van der Waals surface area contributed by atoms with Gasteiger partial charge in [-0.05, 0) is 31.2 Å². The van der Waals surface area contributed by atoms with Crippen molar-refractivity contribution in [3.63, 3.8) is 0 Å².